The Labute approximate surface area is 138 Å². The van der Waals surface area contributed by atoms with Gasteiger partial charge in [0.15, 0.2) is 0 Å². The van der Waals surface area contributed by atoms with E-state index in [9.17, 15) is 9.90 Å². The number of likely N-dealkylation sites (tertiary alicyclic amines) is 1. The van der Waals surface area contributed by atoms with E-state index in [-0.39, 0.29) is 23.6 Å². The molecule has 23 heavy (non-hydrogen) atoms. The summed E-state index contributed by atoms with van der Waals surface area (Å²) < 4.78 is 10.9. The topological polar surface area (TPSA) is 71.0 Å². The Morgan fingerprint density at radius 2 is 2.09 bits per heavy atom. The van der Waals surface area contributed by atoms with Gasteiger partial charge >= 0.3 is 6.09 Å². The quantitative estimate of drug-likeness (QED) is 0.805. The Balaban J connectivity index is 1.65. The zero-order valence-electron chi connectivity index (χ0n) is 14.5. The zero-order valence-corrected chi connectivity index (χ0v) is 14.5. The second kappa shape index (κ2) is 6.22. The molecule has 3 atom stereocenters. The lowest BCUT2D eigenvalue weighted by Gasteiger charge is -2.52. The minimum Gasteiger partial charge on any atom is -0.444 e. The fourth-order valence-corrected chi connectivity index (χ4v) is 4.01. The fourth-order valence-electron chi connectivity index (χ4n) is 4.01. The van der Waals surface area contributed by atoms with Crippen LogP contribution in [0.1, 0.15) is 46.5 Å². The van der Waals surface area contributed by atoms with E-state index < -0.39 is 11.7 Å². The molecule has 2 saturated heterocycles. The van der Waals surface area contributed by atoms with E-state index >= 15 is 0 Å². The van der Waals surface area contributed by atoms with Crippen molar-refractivity contribution in [3.8, 4) is 0 Å². The lowest BCUT2D eigenvalue weighted by atomic mass is 9.63. The number of piperidine rings is 1. The van der Waals surface area contributed by atoms with Crippen molar-refractivity contribution in [3.63, 3.8) is 0 Å². The molecule has 0 radical (unpaired) electrons. The first-order chi connectivity index (χ1) is 10.8. The normalized spacial score (nSPS) is 33.6. The molecule has 2 aliphatic heterocycles. The van der Waals surface area contributed by atoms with Crippen LogP contribution in [0, 0.1) is 5.41 Å². The van der Waals surface area contributed by atoms with Crippen molar-refractivity contribution >= 4 is 6.09 Å². The van der Waals surface area contributed by atoms with Crippen LogP contribution < -0.4 is 5.32 Å². The van der Waals surface area contributed by atoms with E-state index in [0.29, 0.717) is 19.8 Å². The molecule has 1 saturated carbocycles. The second-order valence-corrected chi connectivity index (χ2v) is 8.49. The molecule has 132 valence electrons. The molecule has 2 N–H and O–H groups in total. The van der Waals surface area contributed by atoms with Gasteiger partial charge in [0.25, 0.3) is 0 Å². The first-order valence-electron chi connectivity index (χ1n) is 8.76. The van der Waals surface area contributed by atoms with Gasteiger partial charge in [0.05, 0.1) is 25.4 Å². The summed E-state index contributed by atoms with van der Waals surface area (Å²) in [7, 11) is 0. The van der Waals surface area contributed by atoms with E-state index in [1.165, 1.54) is 19.3 Å². The zero-order chi connectivity index (χ0) is 16.7. The third-order valence-electron chi connectivity index (χ3n) is 5.21. The number of aliphatic hydroxyl groups excluding tert-OH is 1. The molecular weight excluding hydrogens is 296 g/mol. The number of carbonyl (C=O) groups is 1. The Kier molecular flexibility index (Phi) is 4.60. The largest absolute Gasteiger partial charge is 0.444 e. The summed E-state index contributed by atoms with van der Waals surface area (Å²) in [5.74, 6) is 0. The maximum Gasteiger partial charge on any atom is 0.410 e. The standard InChI is InChI=1S/C17H30N2O4/c1-16(2,3)23-15(21)19-8-12(7-17(11-19)5-4-6-17)18-13-9-22-10-14(13)20/h12-14,18,20H,4-11H2,1-3H3/t12?,13-,14-/m1/s1. The van der Waals surface area contributed by atoms with Gasteiger partial charge in [-0.05, 0) is 45.4 Å². The molecule has 3 fully saturated rings. The smallest absolute Gasteiger partial charge is 0.410 e. The third-order valence-corrected chi connectivity index (χ3v) is 5.21. The molecule has 1 unspecified atom stereocenters. The highest BCUT2D eigenvalue weighted by Crippen LogP contribution is 2.47. The molecule has 0 aromatic carbocycles. The van der Waals surface area contributed by atoms with E-state index in [1.54, 1.807) is 0 Å². The number of carbonyl (C=O) groups excluding carboxylic acids is 1. The van der Waals surface area contributed by atoms with Gasteiger partial charge in [0.1, 0.15) is 5.60 Å². The predicted octanol–water partition coefficient (Wildman–Crippen LogP) is 1.52. The van der Waals surface area contributed by atoms with Crippen molar-refractivity contribution < 1.29 is 19.4 Å². The Morgan fingerprint density at radius 3 is 2.61 bits per heavy atom. The average Bonchev–Trinajstić information content (AvgIpc) is 2.80. The molecule has 0 aromatic heterocycles. The maximum absolute atomic E-state index is 12.5. The molecule has 0 bridgehead atoms. The van der Waals surface area contributed by atoms with E-state index in [4.69, 9.17) is 9.47 Å². The van der Waals surface area contributed by atoms with Gasteiger partial charge in [-0.15, -0.1) is 0 Å². The minimum atomic E-state index is -0.473. The number of hydrogen-bond donors (Lipinski definition) is 2. The molecule has 1 spiro atoms. The number of rotatable bonds is 2. The van der Waals surface area contributed by atoms with Gasteiger partial charge in [-0.25, -0.2) is 4.79 Å². The first kappa shape index (κ1) is 17.0. The van der Waals surface area contributed by atoms with Crippen molar-refractivity contribution in [1.29, 1.82) is 0 Å². The number of amides is 1. The molecule has 3 aliphatic rings. The highest BCUT2D eigenvalue weighted by atomic mass is 16.6. The summed E-state index contributed by atoms with van der Waals surface area (Å²) in [4.78, 5) is 14.3. The van der Waals surface area contributed by atoms with Crippen LogP contribution in [0.25, 0.3) is 0 Å². The monoisotopic (exact) mass is 326 g/mol. The van der Waals surface area contributed by atoms with Gasteiger partial charge in [0, 0.05) is 19.1 Å². The van der Waals surface area contributed by atoms with Gasteiger partial charge in [0.2, 0.25) is 0 Å². The van der Waals surface area contributed by atoms with E-state index in [0.717, 1.165) is 13.0 Å². The van der Waals surface area contributed by atoms with Crippen molar-refractivity contribution in [2.45, 2.75) is 70.2 Å². The number of hydrogen-bond acceptors (Lipinski definition) is 5. The van der Waals surface area contributed by atoms with Crippen molar-refractivity contribution in [3.05, 3.63) is 0 Å². The SMILES string of the molecule is CC(C)(C)OC(=O)N1CC(N[C@@H]2COC[C@H]2O)CC2(CCC2)C1. The molecular formula is C17H30N2O4. The Hall–Kier alpha value is -0.850. The minimum absolute atomic E-state index is 0.0317. The van der Waals surface area contributed by atoms with E-state index in [2.05, 4.69) is 5.32 Å². The molecule has 6 nitrogen and oxygen atoms in total. The molecule has 6 heteroatoms. The van der Waals surface area contributed by atoms with Crippen LogP contribution in [0.4, 0.5) is 4.79 Å². The highest BCUT2D eigenvalue weighted by Gasteiger charge is 2.46. The summed E-state index contributed by atoms with van der Waals surface area (Å²) >= 11 is 0. The van der Waals surface area contributed by atoms with Crippen LogP contribution in [0.15, 0.2) is 0 Å². The number of nitrogens with zero attached hydrogens (tertiary/aromatic N) is 1. The first-order valence-corrected chi connectivity index (χ1v) is 8.76. The summed E-state index contributed by atoms with van der Waals surface area (Å²) in [6, 6.07) is 0.161. The number of ether oxygens (including phenoxy) is 2. The van der Waals surface area contributed by atoms with Crippen LogP contribution in [0.2, 0.25) is 0 Å². The van der Waals surface area contributed by atoms with Crippen LogP contribution >= 0.6 is 0 Å². The van der Waals surface area contributed by atoms with Crippen molar-refractivity contribution in [2.75, 3.05) is 26.3 Å². The molecule has 1 aliphatic carbocycles. The molecule has 0 aromatic rings. The van der Waals surface area contributed by atoms with Crippen LogP contribution in [0.3, 0.4) is 0 Å². The fraction of sp³-hybridized carbons (Fsp3) is 0.941. The van der Waals surface area contributed by atoms with Crippen molar-refractivity contribution in [2.24, 2.45) is 5.41 Å². The van der Waals surface area contributed by atoms with Crippen LogP contribution in [-0.4, -0.2) is 66.2 Å². The van der Waals surface area contributed by atoms with Gasteiger partial charge in [-0.2, -0.15) is 0 Å². The third kappa shape index (κ3) is 3.98. The summed E-state index contributed by atoms with van der Waals surface area (Å²) in [6.45, 7) is 8.06. The molecule has 3 rings (SSSR count). The lowest BCUT2D eigenvalue weighted by Crippen LogP contribution is -2.60. The van der Waals surface area contributed by atoms with Crippen LogP contribution in [0.5, 0.6) is 0 Å². The lowest BCUT2D eigenvalue weighted by molar-refractivity contribution is -0.0273. The maximum atomic E-state index is 12.5. The summed E-state index contributed by atoms with van der Waals surface area (Å²) in [5.41, 5.74) is -0.239. The Bertz CT molecular complexity index is 444. The van der Waals surface area contributed by atoms with Gasteiger partial charge < -0.3 is 24.8 Å². The highest BCUT2D eigenvalue weighted by molar-refractivity contribution is 5.68. The molecule has 2 heterocycles. The van der Waals surface area contributed by atoms with Crippen LogP contribution in [-0.2, 0) is 9.47 Å². The Morgan fingerprint density at radius 1 is 1.35 bits per heavy atom. The van der Waals surface area contributed by atoms with Crippen molar-refractivity contribution in [1.82, 2.24) is 10.2 Å². The van der Waals surface area contributed by atoms with Gasteiger partial charge in [-0.1, -0.05) is 6.42 Å². The summed E-state index contributed by atoms with van der Waals surface area (Å²) in [5, 5.41) is 13.5. The average molecular weight is 326 g/mol. The predicted molar refractivity (Wildman–Crippen MR) is 86.2 cm³/mol. The number of aliphatic hydroxyl groups is 1. The molecule has 1 amide bonds. The summed E-state index contributed by atoms with van der Waals surface area (Å²) in [6.07, 6.45) is 3.98. The number of nitrogens with one attached hydrogen (secondary N) is 1. The van der Waals surface area contributed by atoms with Gasteiger partial charge in [-0.3, -0.25) is 0 Å². The second-order valence-electron chi connectivity index (χ2n) is 8.49. The van der Waals surface area contributed by atoms with E-state index in [1.807, 2.05) is 25.7 Å².